The van der Waals surface area contributed by atoms with Gasteiger partial charge >= 0.3 is 0 Å². The molecule has 100 valence electrons. The van der Waals surface area contributed by atoms with Gasteiger partial charge in [0.15, 0.2) is 0 Å². The van der Waals surface area contributed by atoms with Gasteiger partial charge in [0.25, 0.3) is 0 Å². The fraction of sp³-hybridized carbons (Fsp3) is 0.600. The van der Waals surface area contributed by atoms with Crippen molar-refractivity contribution in [3.8, 4) is 0 Å². The van der Waals surface area contributed by atoms with E-state index in [1.807, 2.05) is 12.1 Å². The van der Waals surface area contributed by atoms with Crippen molar-refractivity contribution in [1.29, 1.82) is 0 Å². The second-order valence-electron chi connectivity index (χ2n) is 5.14. The summed E-state index contributed by atoms with van der Waals surface area (Å²) in [6.45, 7) is 2.96. The zero-order valence-corrected chi connectivity index (χ0v) is 12.5. The molecule has 1 unspecified atom stereocenters. The van der Waals surface area contributed by atoms with Crippen LogP contribution in [0, 0.1) is 11.7 Å². The van der Waals surface area contributed by atoms with Crippen molar-refractivity contribution in [2.45, 2.75) is 45.1 Å². The molecule has 1 nitrogen and oxygen atoms in total. The number of hydrogen-bond acceptors (Lipinski definition) is 1. The van der Waals surface area contributed by atoms with Gasteiger partial charge in [0.05, 0.1) is 4.47 Å². The summed E-state index contributed by atoms with van der Waals surface area (Å²) in [7, 11) is 0. The maximum absolute atomic E-state index is 14.2. The van der Waals surface area contributed by atoms with E-state index in [2.05, 4.69) is 28.2 Å². The molecule has 0 aliphatic heterocycles. The summed E-state index contributed by atoms with van der Waals surface area (Å²) in [5.74, 6) is 0.647. The van der Waals surface area contributed by atoms with E-state index in [9.17, 15) is 4.39 Å². The second-order valence-corrected chi connectivity index (χ2v) is 5.99. The van der Waals surface area contributed by atoms with Crippen molar-refractivity contribution in [2.75, 3.05) is 6.54 Å². The number of benzene rings is 1. The van der Waals surface area contributed by atoms with Gasteiger partial charge in [-0.3, -0.25) is 0 Å². The average Bonchev–Trinajstić information content (AvgIpc) is 2.85. The first-order valence-electron chi connectivity index (χ1n) is 6.89. The van der Waals surface area contributed by atoms with Gasteiger partial charge in [-0.2, -0.15) is 0 Å². The van der Waals surface area contributed by atoms with Gasteiger partial charge in [0.1, 0.15) is 5.82 Å². The average molecular weight is 314 g/mol. The fourth-order valence-corrected chi connectivity index (χ4v) is 3.32. The van der Waals surface area contributed by atoms with Crippen LogP contribution in [0.2, 0.25) is 0 Å². The van der Waals surface area contributed by atoms with Gasteiger partial charge in [-0.1, -0.05) is 44.7 Å². The third-order valence-electron chi connectivity index (χ3n) is 3.85. The molecule has 0 spiro atoms. The van der Waals surface area contributed by atoms with Gasteiger partial charge < -0.3 is 5.32 Å². The Labute approximate surface area is 117 Å². The summed E-state index contributed by atoms with van der Waals surface area (Å²) in [6, 6.07) is 5.73. The Kier molecular flexibility index (Phi) is 5.19. The van der Waals surface area contributed by atoms with Gasteiger partial charge in [-0.05, 0) is 40.9 Å². The summed E-state index contributed by atoms with van der Waals surface area (Å²) in [5.41, 5.74) is 0.804. The van der Waals surface area contributed by atoms with Gasteiger partial charge in [-0.15, -0.1) is 0 Å². The quantitative estimate of drug-likeness (QED) is 0.821. The Morgan fingerprint density at radius 1 is 1.39 bits per heavy atom. The number of halogens is 2. The summed E-state index contributed by atoms with van der Waals surface area (Å²) in [5, 5.41) is 3.43. The molecule has 0 aromatic heterocycles. The molecule has 1 atom stereocenters. The molecule has 3 heteroatoms. The molecule has 0 radical (unpaired) electrons. The third kappa shape index (κ3) is 3.33. The molecule has 0 heterocycles. The standard InChI is InChI=1S/C15H21BrFN/c1-2-18-14(10-11-6-3-4-7-11)12-8-5-9-13(16)15(12)17/h5,8-9,11,14,18H,2-4,6-7,10H2,1H3. The van der Waals surface area contributed by atoms with Crippen molar-refractivity contribution < 1.29 is 4.39 Å². The lowest BCUT2D eigenvalue weighted by Gasteiger charge is -2.22. The van der Waals surface area contributed by atoms with Crippen molar-refractivity contribution in [2.24, 2.45) is 5.92 Å². The molecular weight excluding hydrogens is 293 g/mol. The minimum Gasteiger partial charge on any atom is -0.310 e. The normalized spacial score (nSPS) is 18.2. The topological polar surface area (TPSA) is 12.0 Å². The van der Waals surface area contributed by atoms with Gasteiger partial charge in [-0.25, -0.2) is 4.39 Å². The second kappa shape index (κ2) is 6.67. The molecule has 1 saturated carbocycles. The maximum Gasteiger partial charge on any atom is 0.142 e. The molecule has 2 rings (SSSR count). The number of nitrogens with one attached hydrogen (secondary N) is 1. The van der Waals surface area contributed by atoms with E-state index in [1.165, 1.54) is 25.7 Å². The van der Waals surface area contributed by atoms with E-state index in [0.29, 0.717) is 4.47 Å². The van der Waals surface area contributed by atoms with Gasteiger partial charge in [0, 0.05) is 11.6 Å². The molecule has 1 aromatic rings. The van der Waals surface area contributed by atoms with Crippen molar-refractivity contribution in [1.82, 2.24) is 5.32 Å². The Balaban J connectivity index is 2.14. The van der Waals surface area contributed by atoms with Gasteiger partial charge in [0.2, 0.25) is 0 Å². The Hall–Kier alpha value is -0.410. The molecule has 1 aliphatic rings. The predicted molar refractivity (Wildman–Crippen MR) is 77.1 cm³/mol. The number of rotatable bonds is 5. The van der Waals surface area contributed by atoms with E-state index in [0.717, 1.165) is 24.4 Å². The highest BCUT2D eigenvalue weighted by atomic mass is 79.9. The largest absolute Gasteiger partial charge is 0.310 e. The fourth-order valence-electron chi connectivity index (χ4n) is 2.94. The van der Waals surface area contributed by atoms with Crippen molar-refractivity contribution in [3.05, 3.63) is 34.1 Å². The molecule has 0 bridgehead atoms. The van der Waals surface area contributed by atoms with Crippen molar-refractivity contribution in [3.63, 3.8) is 0 Å². The summed E-state index contributed by atoms with van der Waals surface area (Å²) in [6.07, 6.45) is 6.34. The van der Waals surface area contributed by atoms with Crippen LogP contribution < -0.4 is 5.32 Å². The lowest BCUT2D eigenvalue weighted by molar-refractivity contribution is 0.390. The minimum atomic E-state index is -0.110. The zero-order chi connectivity index (χ0) is 13.0. The molecule has 1 N–H and O–H groups in total. The van der Waals surface area contributed by atoms with E-state index in [4.69, 9.17) is 0 Å². The van der Waals surface area contributed by atoms with Crippen molar-refractivity contribution >= 4 is 15.9 Å². The lowest BCUT2D eigenvalue weighted by atomic mass is 9.93. The van der Waals surface area contributed by atoms with Crippen LogP contribution in [0.4, 0.5) is 4.39 Å². The zero-order valence-electron chi connectivity index (χ0n) is 10.9. The molecule has 1 fully saturated rings. The molecule has 0 amide bonds. The molecule has 18 heavy (non-hydrogen) atoms. The highest BCUT2D eigenvalue weighted by Gasteiger charge is 2.23. The van der Waals surface area contributed by atoms with E-state index < -0.39 is 0 Å². The minimum absolute atomic E-state index is 0.110. The molecule has 0 saturated heterocycles. The van der Waals surface area contributed by atoms with Crippen LogP contribution in [0.25, 0.3) is 0 Å². The van der Waals surface area contributed by atoms with Crippen LogP contribution in [0.3, 0.4) is 0 Å². The Bertz CT molecular complexity index is 388. The first-order valence-corrected chi connectivity index (χ1v) is 7.69. The monoisotopic (exact) mass is 313 g/mol. The van der Waals surface area contributed by atoms with E-state index in [-0.39, 0.29) is 11.9 Å². The van der Waals surface area contributed by atoms with Crippen LogP contribution in [-0.2, 0) is 0 Å². The van der Waals surface area contributed by atoms with Crippen LogP contribution >= 0.6 is 15.9 Å². The van der Waals surface area contributed by atoms with Crippen LogP contribution in [-0.4, -0.2) is 6.54 Å². The first-order chi connectivity index (χ1) is 8.72. The molecular formula is C15H21BrFN. The summed E-state index contributed by atoms with van der Waals surface area (Å²) >= 11 is 3.28. The summed E-state index contributed by atoms with van der Waals surface area (Å²) < 4.78 is 14.7. The first kappa shape index (κ1) is 14.0. The Morgan fingerprint density at radius 2 is 2.11 bits per heavy atom. The molecule has 1 aromatic carbocycles. The SMILES string of the molecule is CCNC(CC1CCCC1)c1cccc(Br)c1F. The number of hydrogen-bond donors (Lipinski definition) is 1. The van der Waals surface area contributed by atoms with Crippen LogP contribution in [0.5, 0.6) is 0 Å². The highest BCUT2D eigenvalue weighted by Crippen LogP contribution is 2.34. The lowest BCUT2D eigenvalue weighted by Crippen LogP contribution is -2.24. The predicted octanol–water partition coefficient (Wildman–Crippen LogP) is 4.82. The Morgan fingerprint density at radius 3 is 2.78 bits per heavy atom. The highest BCUT2D eigenvalue weighted by molar-refractivity contribution is 9.10. The van der Waals surface area contributed by atoms with Crippen LogP contribution in [0.15, 0.2) is 22.7 Å². The smallest absolute Gasteiger partial charge is 0.142 e. The molecule has 1 aliphatic carbocycles. The maximum atomic E-state index is 14.2. The van der Waals surface area contributed by atoms with E-state index >= 15 is 0 Å². The van der Waals surface area contributed by atoms with Crippen LogP contribution in [0.1, 0.15) is 50.6 Å². The van der Waals surface area contributed by atoms with E-state index in [1.54, 1.807) is 6.07 Å². The summed E-state index contributed by atoms with van der Waals surface area (Å²) in [4.78, 5) is 0. The third-order valence-corrected chi connectivity index (χ3v) is 4.46.